The molecule has 1 N–H and O–H groups in total. The summed E-state index contributed by atoms with van der Waals surface area (Å²) in [6.45, 7) is 3.45. The Morgan fingerprint density at radius 3 is 2.29 bits per heavy atom. The van der Waals surface area contributed by atoms with Crippen LogP contribution in [0.15, 0.2) is 53.8 Å². The van der Waals surface area contributed by atoms with E-state index in [1.54, 1.807) is 13.8 Å². The van der Waals surface area contributed by atoms with E-state index in [0.717, 1.165) is 0 Å². The van der Waals surface area contributed by atoms with Crippen molar-refractivity contribution in [2.45, 2.75) is 19.9 Å². The number of halogens is 3. The van der Waals surface area contributed by atoms with Gasteiger partial charge in [0.2, 0.25) is 5.78 Å². The zero-order valence-electron chi connectivity index (χ0n) is 16.3. The molecule has 1 aliphatic heterocycles. The molecule has 1 aromatic heterocycles. The second kappa shape index (κ2) is 8.07. The summed E-state index contributed by atoms with van der Waals surface area (Å²) in [6.07, 6.45) is 0. The number of carbonyl (C=O) groups excluding carboxylic acids is 2. The molecule has 5 nitrogen and oxygen atoms in total. The number of carbonyl (C=O) groups is 2. The molecule has 2 aromatic carbocycles. The fourth-order valence-electron chi connectivity index (χ4n) is 3.61. The van der Waals surface area contributed by atoms with Crippen molar-refractivity contribution in [3.63, 3.8) is 0 Å². The third kappa shape index (κ3) is 3.84. The van der Waals surface area contributed by atoms with Crippen molar-refractivity contribution >= 4 is 51.9 Å². The summed E-state index contributed by atoms with van der Waals surface area (Å²) in [5.41, 5.74) is 1.13. The van der Waals surface area contributed by atoms with Crippen LogP contribution in [0.2, 0.25) is 10.0 Å². The van der Waals surface area contributed by atoms with Gasteiger partial charge >= 0.3 is 0 Å². The molecule has 0 fully saturated rings. The highest BCUT2D eigenvalue weighted by Crippen LogP contribution is 2.43. The maximum absolute atomic E-state index is 13.6. The lowest BCUT2D eigenvalue weighted by molar-refractivity contribution is -0.117. The molecule has 0 radical (unpaired) electrons. The van der Waals surface area contributed by atoms with Crippen LogP contribution in [-0.2, 0) is 4.79 Å². The summed E-state index contributed by atoms with van der Waals surface area (Å²) >= 11 is 13.4. The van der Waals surface area contributed by atoms with Gasteiger partial charge in [0.25, 0.3) is 5.91 Å². The van der Waals surface area contributed by atoms with Crippen LogP contribution in [0.1, 0.15) is 32.0 Å². The van der Waals surface area contributed by atoms with Gasteiger partial charge in [0, 0.05) is 15.7 Å². The summed E-state index contributed by atoms with van der Waals surface area (Å²) in [6, 6.07) is 8.88. The Balaban J connectivity index is 1.92. The minimum atomic E-state index is -1.00. The Kier molecular flexibility index (Phi) is 5.60. The third-order valence-corrected chi connectivity index (χ3v) is 6.38. The number of benzene rings is 2. The second-order valence-electron chi connectivity index (χ2n) is 7.00. The van der Waals surface area contributed by atoms with E-state index in [1.165, 1.54) is 58.7 Å². The van der Waals surface area contributed by atoms with Gasteiger partial charge in [-0.05, 0) is 49.7 Å². The summed E-state index contributed by atoms with van der Waals surface area (Å²) in [7, 11) is 0. The first-order valence-corrected chi connectivity index (χ1v) is 10.7. The number of thiazole rings is 1. The number of Topliss-reactive ketones (excluding diaryl/α,β-unsaturated/α-hetero) is 1. The zero-order valence-corrected chi connectivity index (χ0v) is 18.6. The van der Waals surface area contributed by atoms with E-state index >= 15 is 0 Å². The molecule has 1 atom stereocenters. The molecule has 3 aromatic rings. The molecule has 0 saturated heterocycles. The fourth-order valence-corrected chi connectivity index (χ4v) is 5.00. The third-order valence-electron chi connectivity index (χ3n) is 4.87. The Bertz CT molecular complexity index is 1230. The van der Waals surface area contributed by atoms with Crippen molar-refractivity contribution in [3.8, 4) is 0 Å². The lowest BCUT2D eigenvalue weighted by atomic mass is 9.95. The molecule has 31 heavy (non-hydrogen) atoms. The number of aliphatic hydroxyl groups excluding tert-OH is 1. The Hall–Kier alpha value is -2.74. The van der Waals surface area contributed by atoms with E-state index in [1.807, 2.05) is 0 Å². The number of aromatic nitrogens is 1. The SMILES string of the molecule is Cc1nc(C)c(C(=O)C2=C(O)C(=O)N(c3cc(Cl)cc(Cl)c3)C2c2ccc(F)cc2)s1. The predicted octanol–water partition coefficient (Wildman–Crippen LogP) is 5.99. The highest BCUT2D eigenvalue weighted by molar-refractivity contribution is 7.14. The number of hydrogen-bond acceptors (Lipinski definition) is 5. The van der Waals surface area contributed by atoms with E-state index in [0.29, 0.717) is 26.8 Å². The summed E-state index contributed by atoms with van der Waals surface area (Å²) in [5.74, 6) is -2.45. The van der Waals surface area contributed by atoms with Gasteiger partial charge < -0.3 is 5.11 Å². The van der Waals surface area contributed by atoms with Crippen molar-refractivity contribution < 1.29 is 19.1 Å². The quantitative estimate of drug-likeness (QED) is 0.469. The topological polar surface area (TPSA) is 70.5 Å². The molecule has 0 spiro atoms. The van der Waals surface area contributed by atoms with Crippen molar-refractivity contribution in [2.24, 2.45) is 0 Å². The largest absolute Gasteiger partial charge is 0.503 e. The molecule has 4 rings (SSSR count). The molecule has 0 aliphatic carbocycles. The number of anilines is 1. The van der Waals surface area contributed by atoms with E-state index in [-0.39, 0.29) is 15.6 Å². The summed E-state index contributed by atoms with van der Waals surface area (Å²) in [5, 5.41) is 12.0. The van der Waals surface area contributed by atoms with Gasteiger partial charge in [-0.15, -0.1) is 11.3 Å². The standard InChI is InChI=1S/C22H15Cl2FN2O3S/c1-10-21(31-11(2)26-10)19(28)17-18(12-3-5-15(25)6-4-12)27(22(30)20(17)29)16-8-13(23)7-14(24)9-16/h3-9,18,29H,1-2H3. The number of hydrogen-bond donors (Lipinski definition) is 1. The average molecular weight is 477 g/mol. The van der Waals surface area contributed by atoms with E-state index in [2.05, 4.69) is 4.98 Å². The van der Waals surface area contributed by atoms with Crippen molar-refractivity contribution in [1.29, 1.82) is 0 Å². The smallest absolute Gasteiger partial charge is 0.294 e. The Morgan fingerprint density at radius 1 is 1.13 bits per heavy atom. The molecular formula is C22H15Cl2FN2O3S. The summed E-state index contributed by atoms with van der Waals surface area (Å²) < 4.78 is 13.6. The molecule has 158 valence electrons. The lowest BCUT2D eigenvalue weighted by Crippen LogP contribution is -2.31. The van der Waals surface area contributed by atoms with Crippen LogP contribution in [0.5, 0.6) is 0 Å². The van der Waals surface area contributed by atoms with Crippen LogP contribution < -0.4 is 4.90 Å². The van der Waals surface area contributed by atoms with Gasteiger partial charge in [0.1, 0.15) is 5.82 Å². The normalized spacial score (nSPS) is 16.4. The van der Waals surface area contributed by atoms with Gasteiger partial charge in [0.15, 0.2) is 5.76 Å². The Morgan fingerprint density at radius 2 is 1.74 bits per heavy atom. The number of amides is 1. The van der Waals surface area contributed by atoms with E-state index in [9.17, 15) is 19.1 Å². The first-order chi connectivity index (χ1) is 14.7. The molecule has 1 unspecified atom stereocenters. The van der Waals surface area contributed by atoms with Crippen molar-refractivity contribution in [1.82, 2.24) is 4.98 Å². The van der Waals surface area contributed by atoms with Crippen LogP contribution in [0.25, 0.3) is 0 Å². The maximum Gasteiger partial charge on any atom is 0.294 e. The molecule has 0 bridgehead atoms. The van der Waals surface area contributed by atoms with Crippen molar-refractivity contribution in [3.05, 3.63) is 90.8 Å². The number of nitrogens with zero attached hydrogens (tertiary/aromatic N) is 2. The molecule has 1 aliphatic rings. The van der Waals surface area contributed by atoms with Gasteiger partial charge in [-0.25, -0.2) is 9.37 Å². The molecule has 2 heterocycles. The number of ketones is 1. The average Bonchev–Trinajstić information content (AvgIpc) is 3.17. The van der Waals surface area contributed by atoms with Crippen molar-refractivity contribution in [2.75, 3.05) is 4.90 Å². The van der Waals surface area contributed by atoms with Crippen LogP contribution in [0, 0.1) is 19.7 Å². The number of aliphatic hydroxyl groups is 1. The maximum atomic E-state index is 13.6. The van der Waals surface area contributed by atoms with Gasteiger partial charge in [-0.1, -0.05) is 35.3 Å². The minimum absolute atomic E-state index is 0.112. The molecule has 1 amide bonds. The van der Waals surface area contributed by atoms with E-state index in [4.69, 9.17) is 23.2 Å². The highest BCUT2D eigenvalue weighted by atomic mass is 35.5. The predicted molar refractivity (Wildman–Crippen MR) is 119 cm³/mol. The van der Waals surface area contributed by atoms with E-state index < -0.39 is 29.3 Å². The summed E-state index contributed by atoms with van der Waals surface area (Å²) in [4.78, 5) is 32.4. The number of aryl methyl sites for hydroxylation is 2. The second-order valence-corrected chi connectivity index (χ2v) is 9.07. The zero-order chi connectivity index (χ0) is 22.4. The van der Waals surface area contributed by atoms with Crippen LogP contribution >= 0.6 is 34.5 Å². The van der Waals surface area contributed by atoms with Crippen LogP contribution in [0.4, 0.5) is 10.1 Å². The molecule has 0 saturated carbocycles. The fraction of sp³-hybridized carbons (Fsp3) is 0.136. The van der Waals surface area contributed by atoms with Gasteiger partial charge in [-0.3, -0.25) is 14.5 Å². The van der Waals surface area contributed by atoms with Crippen LogP contribution in [-0.4, -0.2) is 21.8 Å². The van der Waals surface area contributed by atoms with Gasteiger partial charge in [0.05, 0.1) is 27.2 Å². The Labute approximate surface area is 191 Å². The highest BCUT2D eigenvalue weighted by Gasteiger charge is 2.45. The lowest BCUT2D eigenvalue weighted by Gasteiger charge is -2.27. The number of rotatable bonds is 4. The molecular weight excluding hydrogens is 462 g/mol. The molecule has 9 heteroatoms. The first kappa shape index (κ1) is 21.5. The first-order valence-electron chi connectivity index (χ1n) is 9.14. The minimum Gasteiger partial charge on any atom is -0.503 e. The monoisotopic (exact) mass is 476 g/mol. The van der Waals surface area contributed by atoms with Gasteiger partial charge in [-0.2, -0.15) is 0 Å². The van der Waals surface area contributed by atoms with Crippen LogP contribution in [0.3, 0.4) is 0 Å².